The lowest BCUT2D eigenvalue weighted by Gasteiger charge is -2.40. The SMILES string of the molecule is BC1(C(C)C)CCCC2C(=O)CC(=O)CC2CC1. The van der Waals surface area contributed by atoms with Gasteiger partial charge in [0.05, 0.1) is 6.42 Å². The third-order valence-electron chi connectivity index (χ3n) is 5.59. The molecule has 0 aliphatic heterocycles. The van der Waals surface area contributed by atoms with Crippen molar-refractivity contribution in [2.75, 3.05) is 0 Å². The molecule has 0 aromatic rings. The first-order valence-corrected chi connectivity index (χ1v) is 7.47. The van der Waals surface area contributed by atoms with Crippen LogP contribution in [0.25, 0.3) is 0 Å². The maximum Gasteiger partial charge on any atom is 0.143 e. The van der Waals surface area contributed by atoms with E-state index in [1.807, 2.05) is 0 Å². The summed E-state index contributed by atoms with van der Waals surface area (Å²) in [6.07, 6.45) is 6.50. The van der Waals surface area contributed by atoms with Crippen molar-refractivity contribution in [1.82, 2.24) is 0 Å². The summed E-state index contributed by atoms with van der Waals surface area (Å²) in [4.78, 5) is 23.6. The Hall–Kier alpha value is -0.595. The molecule has 3 heteroatoms. The molecule has 2 fully saturated rings. The predicted octanol–water partition coefficient (Wildman–Crippen LogP) is 2.56. The van der Waals surface area contributed by atoms with E-state index < -0.39 is 0 Å². The molecule has 0 aromatic heterocycles. The molecule has 2 rings (SSSR count). The molecule has 3 unspecified atom stereocenters. The minimum absolute atomic E-state index is 0.174. The number of carbonyl (C=O) groups is 2. The average Bonchev–Trinajstić information content (AvgIpc) is 2.26. The summed E-state index contributed by atoms with van der Waals surface area (Å²) >= 11 is 0. The summed E-state index contributed by atoms with van der Waals surface area (Å²) in [6.45, 7) is 4.60. The Labute approximate surface area is 111 Å². The van der Waals surface area contributed by atoms with Gasteiger partial charge in [-0.05, 0) is 24.7 Å². The number of carbonyl (C=O) groups excluding carboxylic acids is 2. The van der Waals surface area contributed by atoms with Crippen LogP contribution < -0.4 is 0 Å². The van der Waals surface area contributed by atoms with E-state index in [2.05, 4.69) is 21.7 Å². The summed E-state index contributed by atoms with van der Waals surface area (Å²) < 4.78 is 0. The van der Waals surface area contributed by atoms with Crippen molar-refractivity contribution in [2.24, 2.45) is 17.8 Å². The van der Waals surface area contributed by atoms with Gasteiger partial charge >= 0.3 is 0 Å². The molecule has 0 bridgehead atoms. The van der Waals surface area contributed by atoms with E-state index in [4.69, 9.17) is 0 Å². The van der Waals surface area contributed by atoms with Crippen molar-refractivity contribution in [2.45, 2.75) is 64.1 Å². The average molecular weight is 248 g/mol. The second kappa shape index (κ2) is 5.18. The standard InChI is InChI=1S/C15H25BO2/c1-10(2)15(16)6-3-4-13-11(5-7-15)8-12(17)9-14(13)18/h10-11,13H,3-9,16H2,1-2H3. The molecule has 0 N–H and O–H groups in total. The van der Waals surface area contributed by atoms with Crippen LogP contribution in [0, 0.1) is 17.8 Å². The Kier molecular flexibility index (Phi) is 3.98. The Morgan fingerprint density at radius 3 is 2.61 bits per heavy atom. The molecule has 0 amide bonds. The number of ketones is 2. The molecular formula is C15H25BO2. The lowest BCUT2D eigenvalue weighted by Crippen LogP contribution is -2.36. The smallest absolute Gasteiger partial charge is 0.143 e. The molecule has 0 aromatic carbocycles. The minimum atomic E-state index is 0.174. The highest BCUT2D eigenvalue weighted by Crippen LogP contribution is 2.47. The Morgan fingerprint density at radius 1 is 1.22 bits per heavy atom. The van der Waals surface area contributed by atoms with Crippen LogP contribution in [0.2, 0.25) is 5.31 Å². The monoisotopic (exact) mass is 248 g/mol. The van der Waals surface area contributed by atoms with E-state index in [0.717, 1.165) is 19.3 Å². The zero-order valence-corrected chi connectivity index (χ0v) is 12.0. The topological polar surface area (TPSA) is 34.1 Å². The van der Waals surface area contributed by atoms with Gasteiger partial charge in [0.25, 0.3) is 0 Å². The fourth-order valence-corrected chi connectivity index (χ4v) is 3.74. The lowest BCUT2D eigenvalue weighted by molar-refractivity contribution is -0.136. The number of hydrogen-bond donors (Lipinski definition) is 0. The molecule has 18 heavy (non-hydrogen) atoms. The van der Waals surface area contributed by atoms with E-state index in [-0.39, 0.29) is 23.9 Å². The van der Waals surface area contributed by atoms with Gasteiger partial charge in [-0.25, -0.2) is 0 Å². The summed E-state index contributed by atoms with van der Waals surface area (Å²) in [5.74, 6) is 1.62. The van der Waals surface area contributed by atoms with Crippen LogP contribution >= 0.6 is 0 Å². The number of fused-ring (bicyclic) bond motifs is 1. The number of hydrogen-bond acceptors (Lipinski definition) is 2. The summed E-state index contributed by atoms with van der Waals surface area (Å²) in [5.41, 5.74) is 0. The summed E-state index contributed by atoms with van der Waals surface area (Å²) in [6, 6.07) is 0. The Morgan fingerprint density at radius 2 is 1.94 bits per heavy atom. The summed E-state index contributed by atoms with van der Waals surface area (Å²) in [5, 5.41) is 0.397. The van der Waals surface area contributed by atoms with Crippen LogP contribution in [-0.4, -0.2) is 19.4 Å². The Bertz CT molecular complexity index is 350. The maximum atomic E-state index is 12.0. The van der Waals surface area contributed by atoms with Crippen molar-refractivity contribution in [3.05, 3.63) is 0 Å². The van der Waals surface area contributed by atoms with Gasteiger partial charge in [0.1, 0.15) is 19.4 Å². The third kappa shape index (κ3) is 2.70. The first-order valence-electron chi connectivity index (χ1n) is 7.47. The van der Waals surface area contributed by atoms with Gasteiger partial charge in [-0.3, -0.25) is 9.59 Å². The van der Waals surface area contributed by atoms with Crippen molar-refractivity contribution >= 4 is 19.4 Å². The molecule has 100 valence electrons. The molecule has 3 atom stereocenters. The number of Topliss-reactive ketones (excluding diaryl/α,β-unsaturated/α-hetero) is 2. The molecule has 0 saturated heterocycles. The zero-order chi connectivity index (χ0) is 13.3. The molecular weight excluding hydrogens is 223 g/mol. The fourth-order valence-electron chi connectivity index (χ4n) is 3.74. The van der Waals surface area contributed by atoms with E-state index in [1.165, 1.54) is 12.8 Å². The molecule has 2 saturated carbocycles. The molecule has 2 aliphatic rings. The van der Waals surface area contributed by atoms with Crippen LogP contribution in [-0.2, 0) is 9.59 Å². The van der Waals surface area contributed by atoms with E-state index in [1.54, 1.807) is 0 Å². The van der Waals surface area contributed by atoms with Crippen LogP contribution in [0.5, 0.6) is 0 Å². The van der Waals surface area contributed by atoms with Gasteiger partial charge in [0, 0.05) is 12.3 Å². The highest BCUT2D eigenvalue weighted by molar-refractivity contribution is 6.15. The zero-order valence-electron chi connectivity index (χ0n) is 12.0. The van der Waals surface area contributed by atoms with Gasteiger partial charge < -0.3 is 0 Å². The second-order valence-corrected chi connectivity index (χ2v) is 6.99. The van der Waals surface area contributed by atoms with Crippen molar-refractivity contribution in [3.8, 4) is 0 Å². The maximum absolute atomic E-state index is 12.0. The highest BCUT2D eigenvalue weighted by atomic mass is 16.1. The van der Waals surface area contributed by atoms with Gasteiger partial charge in [-0.2, -0.15) is 0 Å². The van der Waals surface area contributed by atoms with Gasteiger partial charge in [-0.1, -0.05) is 38.4 Å². The lowest BCUT2D eigenvalue weighted by atomic mass is 9.54. The first kappa shape index (κ1) is 13.8. The van der Waals surface area contributed by atoms with Crippen molar-refractivity contribution in [3.63, 3.8) is 0 Å². The minimum Gasteiger partial charge on any atom is -0.299 e. The van der Waals surface area contributed by atoms with Crippen LogP contribution in [0.4, 0.5) is 0 Å². The highest BCUT2D eigenvalue weighted by Gasteiger charge is 2.39. The molecule has 2 nitrogen and oxygen atoms in total. The molecule has 0 radical (unpaired) electrons. The van der Waals surface area contributed by atoms with E-state index in [9.17, 15) is 9.59 Å². The van der Waals surface area contributed by atoms with Crippen LogP contribution in [0.3, 0.4) is 0 Å². The molecule has 0 heterocycles. The fraction of sp³-hybridized carbons (Fsp3) is 0.867. The molecule has 2 aliphatic carbocycles. The van der Waals surface area contributed by atoms with Gasteiger partial charge in [0.2, 0.25) is 0 Å². The predicted molar refractivity (Wildman–Crippen MR) is 75.4 cm³/mol. The number of rotatable bonds is 1. The summed E-state index contributed by atoms with van der Waals surface area (Å²) in [7, 11) is 2.38. The van der Waals surface area contributed by atoms with Crippen LogP contribution in [0.1, 0.15) is 58.8 Å². The third-order valence-corrected chi connectivity index (χ3v) is 5.59. The normalized spacial score (nSPS) is 38.2. The van der Waals surface area contributed by atoms with Crippen molar-refractivity contribution < 1.29 is 9.59 Å². The second-order valence-electron chi connectivity index (χ2n) is 6.99. The van der Waals surface area contributed by atoms with Crippen molar-refractivity contribution in [1.29, 1.82) is 0 Å². The van der Waals surface area contributed by atoms with Crippen LogP contribution in [0.15, 0.2) is 0 Å². The van der Waals surface area contributed by atoms with E-state index in [0.29, 0.717) is 23.6 Å². The van der Waals surface area contributed by atoms with Gasteiger partial charge in [-0.15, -0.1) is 0 Å². The first-order chi connectivity index (χ1) is 8.42. The molecule has 0 spiro atoms. The quantitative estimate of drug-likeness (QED) is 0.528. The Balaban J connectivity index is 2.09. The largest absolute Gasteiger partial charge is 0.299 e. The van der Waals surface area contributed by atoms with Gasteiger partial charge in [0.15, 0.2) is 0 Å². The van der Waals surface area contributed by atoms with E-state index >= 15 is 0 Å².